The molecule has 6 nitrogen and oxygen atoms in total. The van der Waals surface area contributed by atoms with Crippen LogP contribution in [0.4, 0.5) is 5.69 Å². The van der Waals surface area contributed by atoms with Gasteiger partial charge >= 0.3 is 0 Å². The molecule has 8 heteroatoms. The molecule has 1 aromatic carbocycles. The van der Waals surface area contributed by atoms with Crippen molar-refractivity contribution in [2.45, 2.75) is 19.8 Å². The van der Waals surface area contributed by atoms with E-state index in [-0.39, 0.29) is 39.3 Å². The second-order valence-electron chi connectivity index (χ2n) is 5.72. The molecule has 2 rings (SSSR count). The molecule has 130 valence electrons. The number of halogens is 2. The van der Waals surface area contributed by atoms with Gasteiger partial charge in [0.25, 0.3) is 5.56 Å². The van der Waals surface area contributed by atoms with E-state index in [0.717, 1.165) is 4.68 Å². The van der Waals surface area contributed by atoms with Gasteiger partial charge in [0.1, 0.15) is 12.2 Å². The Bertz CT molecular complexity index is 906. The summed E-state index contributed by atoms with van der Waals surface area (Å²) in [6.07, 6.45) is 0. The van der Waals surface area contributed by atoms with E-state index < -0.39 is 5.78 Å². The zero-order valence-electron chi connectivity index (χ0n) is 13.9. The summed E-state index contributed by atoms with van der Waals surface area (Å²) in [7, 11) is 1.49. The van der Waals surface area contributed by atoms with E-state index in [1.54, 1.807) is 0 Å². The molecule has 0 amide bonds. The van der Waals surface area contributed by atoms with Crippen LogP contribution in [-0.2, 0) is 7.05 Å². The lowest BCUT2D eigenvalue weighted by Gasteiger charge is -2.12. The fourth-order valence-electron chi connectivity index (χ4n) is 2.32. The number of hydrogen-bond donors (Lipinski definition) is 1. The molecule has 0 saturated carbocycles. The van der Waals surface area contributed by atoms with Crippen LogP contribution in [0, 0.1) is 11.3 Å². The molecule has 0 atom stereocenters. The average Bonchev–Trinajstić information content (AvgIpc) is 2.54. The smallest absolute Gasteiger partial charge is 0.269 e. The second kappa shape index (κ2) is 7.68. The highest BCUT2D eigenvalue weighted by molar-refractivity contribution is 6.41. The first-order valence-corrected chi connectivity index (χ1v) is 8.24. The van der Waals surface area contributed by atoms with Crippen LogP contribution in [0.5, 0.6) is 0 Å². The second-order valence-corrected chi connectivity index (χ2v) is 6.54. The lowest BCUT2D eigenvalue weighted by molar-refractivity contribution is 0.103. The fourth-order valence-corrected chi connectivity index (χ4v) is 2.98. The van der Waals surface area contributed by atoms with Crippen LogP contribution in [0.2, 0.25) is 10.0 Å². The Morgan fingerprint density at radius 1 is 1.32 bits per heavy atom. The predicted octanol–water partition coefficient (Wildman–Crippen LogP) is 3.38. The minimum absolute atomic E-state index is 0.0586. The van der Waals surface area contributed by atoms with Crippen LogP contribution in [0.15, 0.2) is 23.0 Å². The summed E-state index contributed by atoms with van der Waals surface area (Å²) in [6.45, 7) is 3.81. The maximum Gasteiger partial charge on any atom is 0.269 e. The van der Waals surface area contributed by atoms with Crippen molar-refractivity contribution in [2.24, 2.45) is 7.05 Å². The Labute approximate surface area is 155 Å². The number of carbonyl (C=O) groups is 1. The lowest BCUT2D eigenvalue weighted by atomic mass is 10.0. The molecule has 0 aliphatic heterocycles. The van der Waals surface area contributed by atoms with E-state index in [2.05, 4.69) is 10.4 Å². The summed E-state index contributed by atoms with van der Waals surface area (Å²) in [5.74, 6) is -0.531. The molecule has 1 heterocycles. The summed E-state index contributed by atoms with van der Waals surface area (Å²) < 4.78 is 1.13. The molecular weight excluding hydrogens is 363 g/mol. The van der Waals surface area contributed by atoms with Gasteiger partial charge in [-0.05, 0) is 24.1 Å². The van der Waals surface area contributed by atoms with Gasteiger partial charge in [0, 0.05) is 18.3 Å². The van der Waals surface area contributed by atoms with Crippen LogP contribution < -0.4 is 10.9 Å². The standard InChI is InChI=1S/C17H16Cl2N4O2/c1-9(2)11-8-14(22-23(3)17(11)25)16(24)15-12(18)6-10(7-13(15)19)21-5-4-20/h6-9,21H,5H2,1-3H3. The fraction of sp³-hybridized carbons (Fsp3) is 0.294. The van der Waals surface area contributed by atoms with Crippen molar-refractivity contribution >= 4 is 34.7 Å². The number of nitriles is 1. The van der Waals surface area contributed by atoms with E-state index in [4.69, 9.17) is 28.5 Å². The van der Waals surface area contributed by atoms with E-state index in [0.29, 0.717) is 11.3 Å². The third-order valence-corrected chi connectivity index (χ3v) is 4.18. The third-order valence-electron chi connectivity index (χ3n) is 3.59. The van der Waals surface area contributed by atoms with Crippen molar-refractivity contribution in [1.82, 2.24) is 9.78 Å². The molecule has 0 saturated heterocycles. The Hall–Kier alpha value is -2.36. The van der Waals surface area contributed by atoms with E-state index >= 15 is 0 Å². The first-order valence-electron chi connectivity index (χ1n) is 7.49. The molecule has 2 aromatic rings. The summed E-state index contributed by atoms with van der Waals surface area (Å²) in [5.41, 5.74) is 0.962. The highest BCUT2D eigenvalue weighted by atomic mass is 35.5. The SMILES string of the molecule is CC(C)c1cc(C(=O)c2c(Cl)cc(NCC#N)cc2Cl)nn(C)c1=O. The molecule has 0 aliphatic carbocycles. The number of aromatic nitrogens is 2. The van der Waals surface area contributed by atoms with E-state index in [1.807, 2.05) is 19.9 Å². The highest BCUT2D eigenvalue weighted by Gasteiger charge is 2.21. The summed E-state index contributed by atoms with van der Waals surface area (Å²) in [4.78, 5) is 24.9. The van der Waals surface area contributed by atoms with Gasteiger partial charge in [-0.2, -0.15) is 10.4 Å². The number of anilines is 1. The monoisotopic (exact) mass is 378 g/mol. The van der Waals surface area contributed by atoms with Gasteiger partial charge in [-0.15, -0.1) is 0 Å². The number of ketones is 1. The minimum atomic E-state index is -0.473. The Balaban J connectivity index is 2.52. The predicted molar refractivity (Wildman–Crippen MR) is 97.6 cm³/mol. The minimum Gasteiger partial charge on any atom is -0.372 e. The van der Waals surface area contributed by atoms with E-state index in [9.17, 15) is 9.59 Å². The van der Waals surface area contributed by atoms with Crippen molar-refractivity contribution in [3.63, 3.8) is 0 Å². The maximum absolute atomic E-state index is 12.8. The molecule has 1 N–H and O–H groups in total. The molecule has 25 heavy (non-hydrogen) atoms. The molecular formula is C17H16Cl2N4O2. The van der Waals surface area contributed by atoms with Gasteiger partial charge in [-0.25, -0.2) is 4.68 Å². The first kappa shape index (κ1) is 19.0. The van der Waals surface area contributed by atoms with Gasteiger partial charge < -0.3 is 5.32 Å². The van der Waals surface area contributed by atoms with Crippen LogP contribution in [-0.4, -0.2) is 22.1 Å². The van der Waals surface area contributed by atoms with Crippen LogP contribution >= 0.6 is 23.2 Å². The molecule has 0 bridgehead atoms. The van der Waals surface area contributed by atoms with Crippen LogP contribution in [0.25, 0.3) is 0 Å². The van der Waals surface area contributed by atoms with Crippen LogP contribution in [0.3, 0.4) is 0 Å². The highest BCUT2D eigenvalue weighted by Crippen LogP contribution is 2.31. The lowest BCUT2D eigenvalue weighted by Crippen LogP contribution is -2.27. The molecule has 0 fully saturated rings. The van der Waals surface area contributed by atoms with Gasteiger partial charge in [-0.1, -0.05) is 37.0 Å². The number of nitrogens with one attached hydrogen (secondary N) is 1. The van der Waals surface area contributed by atoms with Gasteiger partial charge in [0.2, 0.25) is 5.78 Å². The van der Waals surface area contributed by atoms with Gasteiger partial charge in [0.15, 0.2) is 0 Å². The van der Waals surface area contributed by atoms with Crippen molar-refractivity contribution in [3.05, 3.63) is 55.4 Å². The summed E-state index contributed by atoms with van der Waals surface area (Å²) in [6, 6.07) is 6.45. The van der Waals surface area contributed by atoms with Gasteiger partial charge in [0.05, 0.1) is 21.7 Å². The van der Waals surface area contributed by atoms with Crippen LogP contribution in [0.1, 0.15) is 41.4 Å². The summed E-state index contributed by atoms with van der Waals surface area (Å²) >= 11 is 12.4. The Morgan fingerprint density at radius 2 is 1.92 bits per heavy atom. The quantitative estimate of drug-likeness (QED) is 0.636. The van der Waals surface area contributed by atoms with Crippen molar-refractivity contribution < 1.29 is 4.79 Å². The third kappa shape index (κ3) is 4.01. The molecule has 0 radical (unpaired) electrons. The zero-order chi connectivity index (χ0) is 18.7. The van der Waals surface area contributed by atoms with Gasteiger partial charge in [-0.3, -0.25) is 9.59 Å². The first-order chi connectivity index (χ1) is 11.8. The molecule has 0 unspecified atom stereocenters. The number of hydrogen-bond acceptors (Lipinski definition) is 5. The van der Waals surface area contributed by atoms with Crippen molar-refractivity contribution in [2.75, 3.05) is 11.9 Å². The number of carbonyl (C=O) groups excluding carboxylic acids is 1. The zero-order valence-corrected chi connectivity index (χ0v) is 15.4. The Morgan fingerprint density at radius 3 is 2.44 bits per heavy atom. The van der Waals surface area contributed by atoms with E-state index in [1.165, 1.54) is 25.2 Å². The normalized spacial score (nSPS) is 10.6. The van der Waals surface area contributed by atoms with Crippen molar-refractivity contribution in [1.29, 1.82) is 5.26 Å². The van der Waals surface area contributed by atoms with Crippen molar-refractivity contribution in [3.8, 4) is 6.07 Å². The topological polar surface area (TPSA) is 87.8 Å². The Kier molecular flexibility index (Phi) is 5.83. The maximum atomic E-state index is 12.8. The number of benzene rings is 1. The number of rotatable bonds is 5. The number of aryl methyl sites for hydroxylation is 1. The molecule has 0 aliphatic rings. The largest absolute Gasteiger partial charge is 0.372 e. The molecule has 0 spiro atoms. The summed E-state index contributed by atoms with van der Waals surface area (Å²) in [5, 5.41) is 15.7. The molecule has 1 aromatic heterocycles. The number of nitrogens with zero attached hydrogens (tertiary/aromatic N) is 3. The average molecular weight is 379 g/mol.